The van der Waals surface area contributed by atoms with Crippen molar-refractivity contribution in [3.63, 3.8) is 0 Å². The Balaban J connectivity index is 4.38. The molecule has 0 amide bonds. The maximum absolute atomic E-state index is 12.7. The number of carbonyl (C=O) groups is 3. The van der Waals surface area contributed by atoms with Gasteiger partial charge in [0.1, 0.15) is 13.2 Å². The lowest BCUT2D eigenvalue weighted by molar-refractivity contribution is -0.167. The Morgan fingerprint density at radius 2 is 0.741 bits per heavy atom. The predicted octanol–water partition coefficient (Wildman–Crippen LogP) is 15.7. The van der Waals surface area contributed by atoms with E-state index in [1.807, 2.05) is 0 Å². The van der Waals surface area contributed by atoms with E-state index in [9.17, 15) is 14.4 Å². The Morgan fingerprint density at radius 3 is 1.21 bits per heavy atom. The van der Waals surface area contributed by atoms with Gasteiger partial charge in [0.05, 0.1) is 0 Å². The van der Waals surface area contributed by atoms with Crippen molar-refractivity contribution in [1.29, 1.82) is 0 Å². The maximum Gasteiger partial charge on any atom is 0.306 e. The van der Waals surface area contributed by atoms with E-state index < -0.39 is 6.10 Å². The number of hydrogen-bond donors (Lipinski definition) is 0. The van der Waals surface area contributed by atoms with Gasteiger partial charge in [-0.25, -0.2) is 0 Å². The van der Waals surface area contributed by atoms with E-state index in [0.717, 1.165) is 89.9 Å². The fourth-order valence-electron chi connectivity index (χ4n) is 6.66. The van der Waals surface area contributed by atoms with Gasteiger partial charge in [-0.15, -0.1) is 0 Å². The molecule has 6 nitrogen and oxygen atoms in total. The third-order valence-corrected chi connectivity index (χ3v) is 10.3. The number of rotatable bonds is 43. The second-order valence-electron chi connectivity index (χ2n) is 16.1. The highest BCUT2D eigenvalue weighted by molar-refractivity contribution is 5.71. The first-order valence-electron chi connectivity index (χ1n) is 24.3. The molecule has 0 spiro atoms. The van der Waals surface area contributed by atoms with Crippen LogP contribution in [-0.2, 0) is 28.6 Å². The molecule has 0 rings (SSSR count). The van der Waals surface area contributed by atoms with Gasteiger partial charge in [-0.2, -0.15) is 0 Å². The Bertz CT molecular complexity index is 1070. The summed E-state index contributed by atoms with van der Waals surface area (Å²) < 4.78 is 16.7. The molecule has 0 aromatic carbocycles. The quantitative estimate of drug-likeness (QED) is 0.0201. The molecule has 0 heterocycles. The van der Waals surface area contributed by atoms with E-state index in [-0.39, 0.29) is 31.1 Å². The van der Waals surface area contributed by atoms with Crippen LogP contribution in [0.15, 0.2) is 60.8 Å². The number of carbonyl (C=O) groups excluding carboxylic acids is 3. The molecular weight excluding hydrogens is 721 g/mol. The van der Waals surface area contributed by atoms with Crippen molar-refractivity contribution in [1.82, 2.24) is 0 Å². The molecule has 6 heteroatoms. The lowest BCUT2D eigenvalue weighted by Crippen LogP contribution is -2.30. The molecule has 0 aliphatic carbocycles. The fourth-order valence-corrected chi connectivity index (χ4v) is 6.66. The minimum atomic E-state index is -0.791. The second-order valence-corrected chi connectivity index (χ2v) is 16.1. The molecule has 1 atom stereocenters. The van der Waals surface area contributed by atoms with Crippen LogP contribution >= 0.6 is 0 Å². The Hall–Kier alpha value is -2.89. The van der Waals surface area contributed by atoms with Crippen molar-refractivity contribution in [2.24, 2.45) is 0 Å². The van der Waals surface area contributed by atoms with Crippen LogP contribution < -0.4 is 0 Å². The van der Waals surface area contributed by atoms with E-state index in [1.165, 1.54) is 103 Å². The zero-order valence-corrected chi connectivity index (χ0v) is 38.0. The van der Waals surface area contributed by atoms with Gasteiger partial charge in [0.15, 0.2) is 6.10 Å². The van der Waals surface area contributed by atoms with Gasteiger partial charge < -0.3 is 14.2 Å². The van der Waals surface area contributed by atoms with E-state index in [4.69, 9.17) is 14.2 Å². The van der Waals surface area contributed by atoms with Gasteiger partial charge >= 0.3 is 17.9 Å². The zero-order chi connectivity index (χ0) is 42.3. The van der Waals surface area contributed by atoms with E-state index in [2.05, 4.69) is 81.5 Å². The zero-order valence-electron chi connectivity index (χ0n) is 38.0. The van der Waals surface area contributed by atoms with Crippen molar-refractivity contribution in [2.75, 3.05) is 13.2 Å². The lowest BCUT2D eigenvalue weighted by Gasteiger charge is -2.18. The van der Waals surface area contributed by atoms with Crippen molar-refractivity contribution < 1.29 is 28.6 Å². The van der Waals surface area contributed by atoms with Crippen LogP contribution in [0.1, 0.15) is 233 Å². The van der Waals surface area contributed by atoms with Gasteiger partial charge in [0.25, 0.3) is 0 Å². The maximum atomic E-state index is 12.7. The average molecular weight is 811 g/mol. The van der Waals surface area contributed by atoms with Crippen LogP contribution in [0.2, 0.25) is 0 Å². The van der Waals surface area contributed by atoms with Crippen LogP contribution in [0.4, 0.5) is 0 Å². The van der Waals surface area contributed by atoms with Crippen LogP contribution in [0.25, 0.3) is 0 Å². The molecule has 1 unspecified atom stereocenters. The molecule has 0 bridgehead atoms. The molecule has 334 valence electrons. The fraction of sp³-hybridized carbons (Fsp3) is 0.750. The van der Waals surface area contributed by atoms with E-state index in [0.29, 0.717) is 19.3 Å². The van der Waals surface area contributed by atoms with Crippen molar-refractivity contribution in [3.8, 4) is 0 Å². The minimum Gasteiger partial charge on any atom is -0.462 e. The summed E-state index contributed by atoms with van der Waals surface area (Å²) in [6.07, 6.45) is 56.4. The van der Waals surface area contributed by atoms with E-state index >= 15 is 0 Å². The summed E-state index contributed by atoms with van der Waals surface area (Å²) in [4.78, 5) is 37.8. The van der Waals surface area contributed by atoms with Gasteiger partial charge in [0, 0.05) is 19.3 Å². The molecule has 0 saturated heterocycles. The normalized spacial score (nSPS) is 12.5. The summed E-state index contributed by atoms with van der Waals surface area (Å²) in [5.41, 5.74) is 0. The molecule has 0 fully saturated rings. The highest BCUT2D eigenvalue weighted by Crippen LogP contribution is 2.14. The monoisotopic (exact) mass is 811 g/mol. The minimum absolute atomic E-state index is 0.0939. The molecule has 0 saturated carbocycles. The van der Waals surface area contributed by atoms with Gasteiger partial charge in [-0.1, -0.05) is 204 Å². The Kier molecular flexibility index (Phi) is 44.5. The lowest BCUT2D eigenvalue weighted by atomic mass is 10.0. The van der Waals surface area contributed by atoms with Crippen LogP contribution in [0.3, 0.4) is 0 Å². The number of ether oxygens (including phenoxy) is 3. The highest BCUT2D eigenvalue weighted by Gasteiger charge is 2.19. The Labute approximate surface area is 358 Å². The summed E-state index contributed by atoms with van der Waals surface area (Å²) in [7, 11) is 0. The number of hydrogen-bond acceptors (Lipinski definition) is 6. The molecule has 0 aliphatic heterocycles. The van der Waals surface area contributed by atoms with Crippen LogP contribution in [0.5, 0.6) is 0 Å². The molecule has 58 heavy (non-hydrogen) atoms. The number of unbranched alkanes of at least 4 members (excludes halogenated alkanes) is 24. The van der Waals surface area contributed by atoms with Gasteiger partial charge in [-0.3, -0.25) is 14.4 Å². The largest absolute Gasteiger partial charge is 0.462 e. The second kappa shape index (κ2) is 46.8. The number of allylic oxidation sites excluding steroid dienone is 10. The SMILES string of the molecule is CC/C=C\C/C=C\CCCCC(=O)OCC(COC(=O)CCCCCCC\C=C/C=C\C=C/CCCCCCC)OC(=O)CCCCCCCCCCCCCCC. The van der Waals surface area contributed by atoms with Crippen LogP contribution in [0, 0.1) is 0 Å². The standard InChI is InChI=1S/C52H90O6/c1-4-7-10-13-16-19-21-23-24-25-26-27-29-30-33-36-39-42-45-51(54)57-48-49(47-56-50(53)44-41-38-35-32-18-15-12-9-6-3)58-52(55)46-43-40-37-34-31-28-22-20-17-14-11-8-5-2/h9,12,18,21,23-27,32,49H,4-8,10-11,13-17,19-20,22,28-31,33-48H2,1-3H3/b12-9-,23-21-,25-24-,27-26-,32-18-. The third-order valence-electron chi connectivity index (χ3n) is 10.3. The molecule has 0 aliphatic rings. The summed E-state index contributed by atoms with van der Waals surface area (Å²) in [6, 6.07) is 0. The Morgan fingerprint density at radius 1 is 0.379 bits per heavy atom. The highest BCUT2D eigenvalue weighted by atomic mass is 16.6. The third kappa shape index (κ3) is 44.2. The number of esters is 3. The molecule has 0 radical (unpaired) electrons. The first-order valence-corrected chi connectivity index (χ1v) is 24.3. The van der Waals surface area contributed by atoms with Crippen molar-refractivity contribution in [2.45, 2.75) is 239 Å². The summed E-state index contributed by atoms with van der Waals surface area (Å²) in [6.45, 7) is 6.44. The predicted molar refractivity (Wildman–Crippen MR) is 247 cm³/mol. The average Bonchev–Trinajstić information content (AvgIpc) is 3.22. The van der Waals surface area contributed by atoms with E-state index in [1.54, 1.807) is 0 Å². The molecule has 0 aromatic heterocycles. The van der Waals surface area contributed by atoms with Crippen molar-refractivity contribution in [3.05, 3.63) is 60.8 Å². The molecular formula is C52H90O6. The van der Waals surface area contributed by atoms with Gasteiger partial charge in [0.2, 0.25) is 0 Å². The first kappa shape index (κ1) is 55.1. The topological polar surface area (TPSA) is 78.9 Å². The van der Waals surface area contributed by atoms with Crippen LogP contribution in [-0.4, -0.2) is 37.2 Å². The molecule has 0 aromatic rings. The summed E-state index contributed by atoms with van der Waals surface area (Å²) >= 11 is 0. The van der Waals surface area contributed by atoms with Crippen molar-refractivity contribution >= 4 is 17.9 Å². The first-order chi connectivity index (χ1) is 28.5. The molecule has 0 N–H and O–H groups in total. The summed E-state index contributed by atoms with van der Waals surface area (Å²) in [5.74, 6) is -0.948. The van der Waals surface area contributed by atoms with Gasteiger partial charge in [-0.05, 0) is 70.6 Å². The summed E-state index contributed by atoms with van der Waals surface area (Å²) in [5, 5.41) is 0. The smallest absolute Gasteiger partial charge is 0.306 e.